The lowest BCUT2D eigenvalue weighted by atomic mass is 9.95. The summed E-state index contributed by atoms with van der Waals surface area (Å²) in [5.74, 6) is -2.93. The van der Waals surface area contributed by atoms with Gasteiger partial charge < -0.3 is 29.5 Å². The molecule has 9 heteroatoms. The summed E-state index contributed by atoms with van der Waals surface area (Å²) < 4.78 is 14.7. The number of esters is 3. The lowest BCUT2D eigenvalue weighted by Gasteiger charge is -2.29. The van der Waals surface area contributed by atoms with Crippen molar-refractivity contribution >= 4 is 17.9 Å². The minimum Gasteiger partial charge on any atom is -0.445 e. The second-order valence-corrected chi connectivity index (χ2v) is 6.75. The molecule has 3 N–H and O–H groups in total. The van der Waals surface area contributed by atoms with Crippen LogP contribution >= 0.6 is 0 Å². The molecule has 1 heterocycles. The molecule has 9 nitrogen and oxygen atoms in total. The van der Waals surface area contributed by atoms with E-state index in [1.807, 2.05) is 0 Å². The molecule has 3 atom stereocenters. The predicted molar refractivity (Wildman–Crippen MR) is 87.8 cm³/mol. The van der Waals surface area contributed by atoms with Crippen molar-refractivity contribution in [2.45, 2.75) is 63.8 Å². The fourth-order valence-electron chi connectivity index (χ4n) is 2.54. The monoisotopic (exact) mass is 376 g/mol. The van der Waals surface area contributed by atoms with Gasteiger partial charge in [0.15, 0.2) is 0 Å². The van der Waals surface area contributed by atoms with Crippen molar-refractivity contribution < 1.29 is 43.9 Å². The maximum atomic E-state index is 12.5. The number of carbonyl (C=O) groups excluding carboxylic acids is 3. The quantitative estimate of drug-likeness (QED) is 0.281. The smallest absolute Gasteiger partial charge is 0.354 e. The molecule has 1 saturated heterocycles. The summed E-state index contributed by atoms with van der Waals surface area (Å²) in [4.78, 5) is 36.4. The Bertz CT molecular complexity index is 489. The molecule has 3 unspecified atom stereocenters. The minimum absolute atomic E-state index is 0.0172. The van der Waals surface area contributed by atoms with Crippen LogP contribution in [0.3, 0.4) is 0 Å². The standard InChI is InChI=1S/C17H28O9/c1-11(2)6-4-3-5-7-17(10-20)16(23)25-12(8-18)14(21)24-13(9-19)15(22)26-17/h11-13,18-20H,3-10H2,1-2H3. The average Bonchev–Trinajstić information content (AvgIpc) is 2.64. The van der Waals surface area contributed by atoms with Crippen molar-refractivity contribution in [2.24, 2.45) is 5.92 Å². The van der Waals surface area contributed by atoms with Gasteiger partial charge in [-0.05, 0) is 12.3 Å². The fraction of sp³-hybridized carbons (Fsp3) is 0.824. The Kier molecular flexibility index (Phi) is 8.97. The molecule has 1 rings (SSSR count). The molecule has 0 spiro atoms. The first-order valence-electron chi connectivity index (χ1n) is 8.76. The average molecular weight is 376 g/mol. The Morgan fingerprint density at radius 3 is 2.08 bits per heavy atom. The second kappa shape index (κ2) is 10.4. The summed E-state index contributed by atoms with van der Waals surface area (Å²) in [6.45, 7) is 1.59. The van der Waals surface area contributed by atoms with Crippen LogP contribution in [-0.2, 0) is 28.6 Å². The Morgan fingerprint density at radius 2 is 1.54 bits per heavy atom. The zero-order valence-corrected chi connectivity index (χ0v) is 15.2. The van der Waals surface area contributed by atoms with Crippen LogP contribution in [0.2, 0.25) is 0 Å². The molecule has 1 aliphatic rings. The van der Waals surface area contributed by atoms with E-state index in [9.17, 15) is 29.7 Å². The first-order chi connectivity index (χ1) is 12.3. The van der Waals surface area contributed by atoms with Gasteiger partial charge in [-0.1, -0.05) is 33.1 Å². The third-order valence-electron chi connectivity index (χ3n) is 4.15. The Balaban J connectivity index is 2.95. The van der Waals surface area contributed by atoms with E-state index in [2.05, 4.69) is 13.8 Å². The zero-order chi connectivity index (χ0) is 19.7. The van der Waals surface area contributed by atoms with Crippen molar-refractivity contribution in [3.63, 3.8) is 0 Å². The largest absolute Gasteiger partial charge is 0.445 e. The van der Waals surface area contributed by atoms with Gasteiger partial charge in [-0.3, -0.25) is 0 Å². The van der Waals surface area contributed by atoms with E-state index in [0.29, 0.717) is 12.3 Å². The first-order valence-corrected chi connectivity index (χ1v) is 8.76. The topological polar surface area (TPSA) is 140 Å². The highest BCUT2D eigenvalue weighted by molar-refractivity contribution is 5.90. The fourth-order valence-corrected chi connectivity index (χ4v) is 2.54. The van der Waals surface area contributed by atoms with Crippen molar-refractivity contribution in [2.75, 3.05) is 19.8 Å². The summed E-state index contributed by atoms with van der Waals surface area (Å²) in [5, 5.41) is 28.2. The molecule has 0 aromatic carbocycles. The number of aliphatic hydroxyl groups excluding tert-OH is 3. The molecule has 0 bridgehead atoms. The summed E-state index contributed by atoms with van der Waals surface area (Å²) in [5.41, 5.74) is -2.01. The SMILES string of the molecule is CC(C)CCCCCC1(CO)OC(=O)C(CO)OC(=O)C(CO)OC1=O. The van der Waals surface area contributed by atoms with E-state index in [0.717, 1.165) is 19.3 Å². The molecule has 1 fully saturated rings. The number of unbranched alkanes of at least 4 members (excludes halogenated alkanes) is 2. The van der Waals surface area contributed by atoms with Gasteiger partial charge >= 0.3 is 17.9 Å². The molecule has 26 heavy (non-hydrogen) atoms. The van der Waals surface area contributed by atoms with Crippen LogP contribution in [0.15, 0.2) is 0 Å². The van der Waals surface area contributed by atoms with Gasteiger partial charge in [0.05, 0.1) is 19.8 Å². The van der Waals surface area contributed by atoms with Crippen LogP contribution in [-0.4, -0.2) is 70.9 Å². The minimum atomic E-state index is -2.01. The van der Waals surface area contributed by atoms with E-state index in [1.165, 1.54) is 0 Å². The second-order valence-electron chi connectivity index (χ2n) is 6.75. The van der Waals surface area contributed by atoms with E-state index in [-0.39, 0.29) is 6.42 Å². The van der Waals surface area contributed by atoms with Gasteiger partial charge in [0.25, 0.3) is 0 Å². The highest BCUT2D eigenvalue weighted by atomic mass is 16.7. The highest BCUT2D eigenvalue weighted by Gasteiger charge is 2.48. The molecule has 0 saturated carbocycles. The molecule has 0 radical (unpaired) electrons. The summed E-state index contributed by atoms with van der Waals surface area (Å²) >= 11 is 0. The van der Waals surface area contributed by atoms with Gasteiger partial charge in [0, 0.05) is 6.42 Å². The van der Waals surface area contributed by atoms with Crippen molar-refractivity contribution in [1.82, 2.24) is 0 Å². The molecule has 1 aliphatic heterocycles. The maximum absolute atomic E-state index is 12.5. The van der Waals surface area contributed by atoms with E-state index >= 15 is 0 Å². The third-order valence-corrected chi connectivity index (χ3v) is 4.15. The van der Waals surface area contributed by atoms with Crippen LogP contribution in [0.1, 0.15) is 46.0 Å². The van der Waals surface area contributed by atoms with E-state index < -0.39 is 55.5 Å². The first kappa shape index (κ1) is 22.3. The predicted octanol–water partition coefficient (Wildman–Crippen LogP) is -0.311. The highest BCUT2D eigenvalue weighted by Crippen LogP contribution is 2.26. The van der Waals surface area contributed by atoms with E-state index in [4.69, 9.17) is 14.2 Å². The normalized spacial score (nSPS) is 27.2. The molecule has 0 amide bonds. The zero-order valence-electron chi connectivity index (χ0n) is 15.2. The molecule has 0 aliphatic carbocycles. The van der Waals surface area contributed by atoms with Gasteiger partial charge in [0.2, 0.25) is 17.8 Å². The summed E-state index contributed by atoms with van der Waals surface area (Å²) in [6.07, 6.45) is -0.238. The molecular weight excluding hydrogens is 348 g/mol. The van der Waals surface area contributed by atoms with Crippen LogP contribution in [0.5, 0.6) is 0 Å². The van der Waals surface area contributed by atoms with Crippen LogP contribution in [0, 0.1) is 5.92 Å². The number of carbonyl (C=O) groups is 3. The number of rotatable bonds is 9. The maximum Gasteiger partial charge on any atom is 0.354 e. The molecular formula is C17H28O9. The van der Waals surface area contributed by atoms with Crippen LogP contribution in [0.4, 0.5) is 0 Å². The van der Waals surface area contributed by atoms with Crippen LogP contribution < -0.4 is 0 Å². The number of hydrogen-bond donors (Lipinski definition) is 3. The summed E-state index contributed by atoms with van der Waals surface area (Å²) in [6, 6.07) is 0. The van der Waals surface area contributed by atoms with Crippen molar-refractivity contribution in [3.05, 3.63) is 0 Å². The lowest BCUT2D eigenvalue weighted by Crippen LogP contribution is -2.50. The van der Waals surface area contributed by atoms with Gasteiger partial charge in [0.1, 0.15) is 0 Å². The van der Waals surface area contributed by atoms with Crippen molar-refractivity contribution in [3.8, 4) is 0 Å². The van der Waals surface area contributed by atoms with Crippen molar-refractivity contribution in [1.29, 1.82) is 0 Å². The number of hydrogen-bond acceptors (Lipinski definition) is 9. The van der Waals surface area contributed by atoms with Crippen LogP contribution in [0.25, 0.3) is 0 Å². The molecule has 0 aromatic rings. The molecule has 0 aromatic heterocycles. The van der Waals surface area contributed by atoms with Gasteiger partial charge in [-0.25, -0.2) is 14.4 Å². The number of aliphatic hydroxyl groups is 3. The number of ether oxygens (including phenoxy) is 3. The lowest BCUT2D eigenvalue weighted by molar-refractivity contribution is -0.193. The number of cyclic esters (lactones) is 3. The van der Waals surface area contributed by atoms with E-state index in [1.54, 1.807) is 0 Å². The Morgan fingerprint density at radius 1 is 0.923 bits per heavy atom. The van der Waals surface area contributed by atoms with Gasteiger partial charge in [-0.2, -0.15) is 0 Å². The summed E-state index contributed by atoms with van der Waals surface area (Å²) in [7, 11) is 0. The molecule has 150 valence electrons. The Hall–Kier alpha value is -1.71. The third kappa shape index (κ3) is 5.93. The van der Waals surface area contributed by atoms with Gasteiger partial charge in [-0.15, -0.1) is 0 Å². The Labute approximate surface area is 152 Å².